The molecule has 1 atom stereocenters. The van der Waals surface area contributed by atoms with Crippen molar-refractivity contribution in [2.75, 3.05) is 18.1 Å². The van der Waals surface area contributed by atoms with Crippen molar-refractivity contribution in [3.63, 3.8) is 0 Å². The lowest BCUT2D eigenvalue weighted by Crippen LogP contribution is -2.39. The van der Waals surface area contributed by atoms with Gasteiger partial charge in [-0.1, -0.05) is 45.7 Å². The molecule has 0 aliphatic carbocycles. The van der Waals surface area contributed by atoms with E-state index in [1.54, 1.807) is 11.1 Å². The summed E-state index contributed by atoms with van der Waals surface area (Å²) in [4.78, 5) is 24.9. The van der Waals surface area contributed by atoms with Gasteiger partial charge in [0.1, 0.15) is 4.88 Å². The molecule has 1 aliphatic rings. The Hall–Kier alpha value is -2.22. The zero-order chi connectivity index (χ0) is 21.5. The van der Waals surface area contributed by atoms with E-state index in [-0.39, 0.29) is 13.3 Å². The van der Waals surface area contributed by atoms with Crippen LogP contribution in [0.2, 0.25) is 0 Å². The van der Waals surface area contributed by atoms with Gasteiger partial charge in [-0.05, 0) is 49.1 Å². The first-order chi connectivity index (χ1) is 14.5. The molecule has 1 aromatic heterocycles. The van der Waals surface area contributed by atoms with Gasteiger partial charge in [-0.15, -0.1) is 11.3 Å². The molecule has 0 radical (unpaired) electrons. The van der Waals surface area contributed by atoms with Crippen LogP contribution < -0.4 is 5.01 Å². The maximum Gasteiger partial charge on any atom is 0.345 e. The number of thiophene rings is 1. The minimum Gasteiger partial charge on any atom is -0.477 e. The van der Waals surface area contributed by atoms with E-state index in [2.05, 4.69) is 11.9 Å². The summed E-state index contributed by atoms with van der Waals surface area (Å²) >= 11 is 1.31. The summed E-state index contributed by atoms with van der Waals surface area (Å²) < 4.78 is 0. The van der Waals surface area contributed by atoms with Gasteiger partial charge in [-0.2, -0.15) is 0 Å². The number of benzene rings is 1. The molecule has 3 rings (SSSR count). The predicted octanol–water partition coefficient (Wildman–Crippen LogP) is 5.28. The normalized spacial score (nSPS) is 15.2. The minimum absolute atomic E-state index is 0. The number of aliphatic hydroxyl groups excluding tert-OH is 1. The van der Waals surface area contributed by atoms with Crippen molar-refractivity contribution in [3.05, 3.63) is 51.7 Å². The number of carbonyl (C=O) groups is 2. The number of hydrogen-bond donors (Lipinski definition) is 2. The standard InChI is InChI=1S/C23H30N2O4S.CH4/c1-2-3-4-7-20(26)17-8-10-18(11-9-17)25-22(27)14-16-24(25)15-5-6-19-12-13-21(30-19)23(28)29;/h8-13,20,26H,2-7,14-16H2,1H3,(H,28,29);1H4. The maximum absolute atomic E-state index is 12.5. The lowest BCUT2D eigenvalue weighted by molar-refractivity contribution is -0.118. The Morgan fingerprint density at radius 3 is 2.52 bits per heavy atom. The number of unbranched alkanes of at least 4 members (excludes halogenated alkanes) is 2. The number of aliphatic hydroxyl groups is 1. The van der Waals surface area contributed by atoms with Crippen LogP contribution >= 0.6 is 11.3 Å². The lowest BCUT2D eigenvalue weighted by atomic mass is 10.0. The minimum atomic E-state index is -0.888. The van der Waals surface area contributed by atoms with Crippen LogP contribution in [0.25, 0.3) is 0 Å². The van der Waals surface area contributed by atoms with E-state index in [0.717, 1.165) is 61.2 Å². The van der Waals surface area contributed by atoms with Gasteiger partial charge >= 0.3 is 5.97 Å². The van der Waals surface area contributed by atoms with Gasteiger partial charge in [0.05, 0.1) is 11.8 Å². The predicted molar refractivity (Wildman–Crippen MR) is 126 cm³/mol. The molecule has 2 heterocycles. The van der Waals surface area contributed by atoms with Crippen molar-refractivity contribution >= 4 is 28.9 Å². The number of aryl methyl sites for hydroxylation is 1. The molecule has 31 heavy (non-hydrogen) atoms. The Bertz CT molecular complexity index is 850. The van der Waals surface area contributed by atoms with Crippen LogP contribution in [-0.2, 0) is 11.2 Å². The number of rotatable bonds is 11. The Kier molecular flexibility index (Phi) is 9.68. The van der Waals surface area contributed by atoms with Crippen LogP contribution in [-0.4, -0.2) is 40.2 Å². The Morgan fingerprint density at radius 2 is 1.87 bits per heavy atom. The number of carbonyl (C=O) groups excluding carboxylic acids is 1. The van der Waals surface area contributed by atoms with Gasteiger partial charge in [0, 0.05) is 24.4 Å². The fraction of sp³-hybridized carbons (Fsp3) is 0.500. The van der Waals surface area contributed by atoms with Crippen molar-refractivity contribution in [2.45, 2.75) is 65.4 Å². The molecule has 0 bridgehead atoms. The first-order valence-electron chi connectivity index (χ1n) is 10.7. The second-order valence-corrected chi connectivity index (χ2v) is 8.86. The molecule has 1 unspecified atom stereocenters. The van der Waals surface area contributed by atoms with Crippen molar-refractivity contribution in [3.8, 4) is 0 Å². The van der Waals surface area contributed by atoms with Gasteiger partial charge < -0.3 is 10.2 Å². The van der Waals surface area contributed by atoms with Crippen molar-refractivity contribution in [1.82, 2.24) is 5.01 Å². The average Bonchev–Trinajstić information content (AvgIpc) is 3.35. The fourth-order valence-corrected chi connectivity index (χ4v) is 4.65. The molecule has 1 fully saturated rings. The van der Waals surface area contributed by atoms with E-state index in [1.807, 2.05) is 30.3 Å². The molecule has 1 aromatic carbocycles. The van der Waals surface area contributed by atoms with E-state index >= 15 is 0 Å². The Balaban J connectivity index is 0.00000341. The number of carboxylic acid groups (broad SMARTS) is 1. The third-order valence-electron chi connectivity index (χ3n) is 5.42. The molecule has 2 aromatic rings. The zero-order valence-electron chi connectivity index (χ0n) is 17.4. The maximum atomic E-state index is 12.5. The number of amides is 1. The third kappa shape index (κ3) is 6.63. The highest BCUT2D eigenvalue weighted by Gasteiger charge is 2.29. The van der Waals surface area contributed by atoms with Gasteiger partial charge in [0.15, 0.2) is 0 Å². The highest BCUT2D eigenvalue weighted by atomic mass is 32.1. The van der Waals surface area contributed by atoms with E-state index in [9.17, 15) is 14.7 Å². The molecule has 2 N–H and O–H groups in total. The molecule has 0 saturated carbocycles. The summed E-state index contributed by atoms with van der Waals surface area (Å²) in [5.74, 6) is -0.808. The molecular formula is C24H34N2O4S. The smallest absolute Gasteiger partial charge is 0.345 e. The summed E-state index contributed by atoms with van der Waals surface area (Å²) in [7, 11) is 0. The SMILES string of the molecule is C.CCCCCC(O)c1ccc(N2C(=O)CCN2CCCc2ccc(C(=O)O)s2)cc1. The number of hydrogen-bond acceptors (Lipinski definition) is 5. The number of carboxylic acids is 1. The summed E-state index contributed by atoms with van der Waals surface area (Å²) in [6.07, 6.45) is 5.68. The quantitative estimate of drug-likeness (QED) is 0.459. The molecule has 1 amide bonds. The van der Waals surface area contributed by atoms with Crippen LogP contribution in [0.5, 0.6) is 0 Å². The topological polar surface area (TPSA) is 81.1 Å². The Morgan fingerprint density at radius 1 is 1.13 bits per heavy atom. The summed E-state index contributed by atoms with van der Waals surface area (Å²) in [6.45, 7) is 3.56. The van der Waals surface area contributed by atoms with Gasteiger partial charge in [0.25, 0.3) is 0 Å². The molecule has 1 saturated heterocycles. The van der Waals surface area contributed by atoms with Gasteiger partial charge in [-0.25, -0.2) is 14.8 Å². The molecular weight excluding hydrogens is 412 g/mol. The van der Waals surface area contributed by atoms with E-state index < -0.39 is 12.1 Å². The van der Waals surface area contributed by atoms with Crippen molar-refractivity contribution in [2.24, 2.45) is 0 Å². The van der Waals surface area contributed by atoms with Gasteiger partial charge in [0.2, 0.25) is 5.91 Å². The summed E-state index contributed by atoms with van der Waals surface area (Å²) in [6, 6.07) is 11.2. The van der Waals surface area contributed by atoms with Crippen LogP contribution in [0.1, 0.15) is 79.1 Å². The number of nitrogens with zero attached hydrogens (tertiary/aromatic N) is 2. The molecule has 170 valence electrons. The largest absolute Gasteiger partial charge is 0.477 e. The van der Waals surface area contributed by atoms with E-state index in [1.165, 1.54) is 11.3 Å². The molecule has 7 heteroatoms. The first kappa shape index (κ1) is 25.0. The van der Waals surface area contributed by atoms with Crippen molar-refractivity contribution in [1.29, 1.82) is 0 Å². The summed E-state index contributed by atoms with van der Waals surface area (Å²) in [5, 5.41) is 23.2. The van der Waals surface area contributed by atoms with Crippen LogP contribution in [0.15, 0.2) is 36.4 Å². The number of aromatic carboxylic acids is 1. The number of anilines is 1. The molecule has 0 spiro atoms. The number of hydrazine groups is 1. The zero-order valence-corrected chi connectivity index (χ0v) is 18.2. The monoisotopic (exact) mass is 446 g/mol. The highest BCUT2D eigenvalue weighted by Crippen LogP contribution is 2.27. The third-order valence-corrected chi connectivity index (χ3v) is 6.55. The second-order valence-electron chi connectivity index (χ2n) is 7.69. The van der Waals surface area contributed by atoms with Crippen LogP contribution in [0.3, 0.4) is 0 Å². The van der Waals surface area contributed by atoms with Crippen LogP contribution in [0, 0.1) is 0 Å². The fourth-order valence-electron chi connectivity index (χ4n) is 3.76. The Labute approximate surface area is 189 Å². The molecule has 1 aliphatic heterocycles. The highest BCUT2D eigenvalue weighted by molar-refractivity contribution is 7.13. The first-order valence-corrected chi connectivity index (χ1v) is 11.5. The lowest BCUT2D eigenvalue weighted by Gasteiger charge is -2.28. The average molecular weight is 447 g/mol. The van der Waals surface area contributed by atoms with Crippen LogP contribution in [0.4, 0.5) is 5.69 Å². The molecule has 6 nitrogen and oxygen atoms in total. The second kappa shape index (κ2) is 12.0. The summed E-state index contributed by atoms with van der Waals surface area (Å²) in [5.41, 5.74) is 1.71. The van der Waals surface area contributed by atoms with Crippen molar-refractivity contribution < 1.29 is 19.8 Å². The van der Waals surface area contributed by atoms with Gasteiger partial charge in [-0.3, -0.25) is 4.79 Å². The van der Waals surface area contributed by atoms with E-state index in [0.29, 0.717) is 17.8 Å². The van der Waals surface area contributed by atoms with E-state index in [4.69, 9.17) is 5.11 Å².